The Kier molecular flexibility index (Phi) is 5.43. The maximum atomic E-state index is 12.3. The number of amides is 1. The Morgan fingerprint density at radius 1 is 1.39 bits per heavy atom. The molecule has 1 aliphatic rings. The van der Waals surface area contributed by atoms with Crippen molar-refractivity contribution in [2.24, 2.45) is 5.92 Å². The van der Waals surface area contributed by atoms with Crippen LogP contribution in [0.2, 0.25) is 0 Å². The van der Waals surface area contributed by atoms with Crippen LogP contribution in [0.4, 0.5) is 0 Å². The lowest BCUT2D eigenvalue weighted by Gasteiger charge is -2.31. The lowest BCUT2D eigenvalue weighted by atomic mass is 9.96. The summed E-state index contributed by atoms with van der Waals surface area (Å²) in [7, 11) is 0. The van der Waals surface area contributed by atoms with Crippen LogP contribution in [-0.2, 0) is 13.0 Å². The van der Waals surface area contributed by atoms with E-state index in [1.54, 1.807) is 0 Å². The standard InChI is InChI=1S/C17H24N4OS/c1-2-3-5-15-13-21(19-18-15)12-14-7-9-20(10-8-14)17(22)16-6-4-11-23-16/h4,6,11,13-14H,2-3,5,7-10,12H2,1H3. The van der Waals surface area contributed by atoms with Crippen LogP contribution >= 0.6 is 11.3 Å². The number of likely N-dealkylation sites (tertiary alicyclic amines) is 1. The van der Waals surface area contributed by atoms with E-state index in [0.717, 1.165) is 49.5 Å². The lowest BCUT2D eigenvalue weighted by molar-refractivity contribution is 0.0686. The first-order chi connectivity index (χ1) is 11.3. The summed E-state index contributed by atoms with van der Waals surface area (Å²) in [4.78, 5) is 15.2. The zero-order valence-corrected chi connectivity index (χ0v) is 14.5. The summed E-state index contributed by atoms with van der Waals surface area (Å²) >= 11 is 1.52. The summed E-state index contributed by atoms with van der Waals surface area (Å²) in [6.45, 7) is 4.80. The third-order valence-corrected chi connectivity index (χ3v) is 5.31. The van der Waals surface area contributed by atoms with E-state index in [2.05, 4.69) is 23.4 Å². The summed E-state index contributed by atoms with van der Waals surface area (Å²) in [5.74, 6) is 0.768. The molecule has 2 aromatic heterocycles. The highest BCUT2D eigenvalue weighted by Crippen LogP contribution is 2.22. The van der Waals surface area contributed by atoms with Crippen molar-refractivity contribution in [3.63, 3.8) is 0 Å². The third-order valence-electron chi connectivity index (χ3n) is 4.45. The molecule has 3 rings (SSSR count). The predicted octanol–water partition coefficient (Wildman–Crippen LogP) is 3.23. The molecule has 0 saturated carbocycles. The topological polar surface area (TPSA) is 51.0 Å². The van der Waals surface area contributed by atoms with Crippen molar-refractivity contribution in [1.82, 2.24) is 19.9 Å². The van der Waals surface area contributed by atoms with E-state index in [-0.39, 0.29) is 5.91 Å². The maximum Gasteiger partial charge on any atom is 0.263 e. The third kappa shape index (κ3) is 4.19. The minimum atomic E-state index is 0.182. The Balaban J connectivity index is 1.47. The van der Waals surface area contributed by atoms with Crippen LogP contribution in [0.3, 0.4) is 0 Å². The molecule has 3 heterocycles. The molecule has 0 aliphatic carbocycles. The van der Waals surface area contributed by atoms with E-state index in [9.17, 15) is 4.79 Å². The van der Waals surface area contributed by atoms with Crippen LogP contribution in [0, 0.1) is 5.92 Å². The summed E-state index contributed by atoms with van der Waals surface area (Å²) in [6.07, 6.45) is 7.54. The molecule has 5 nitrogen and oxygen atoms in total. The quantitative estimate of drug-likeness (QED) is 0.816. The monoisotopic (exact) mass is 332 g/mol. The predicted molar refractivity (Wildman–Crippen MR) is 91.6 cm³/mol. The van der Waals surface area contributed by atoms with Gasteiger partial charge in [-0.25, -0.2) is 0 Å². The van der Waals surface area contributed by atoms with Crippen molar-refractivity contribution in [2.75, 3.05) is 13.1 Å². The highest BCUT2D eigenvalue weighted by Gasteiger charge is 2.24. The van der Waals surface area contributed by atoms with Gasteiger partial charge in [0.25, 0.3) is 5.91 Å². The van der Waals surface area contributed by atoms with Crippen molar-refractivity contribution in [3.8, 4) is 0 Å². The van der Waals surface area contributed by atoms with Gasteiger partial charge in [0.05, 0.1) is 10.6 Å². The van der Waals surface area contributed by atoms with Crippen molar-refractivity contribution in [3.05, 3.63) is 34.3 Å². The minimum absolute atomic E-state index is 0.182. The first-order valence-electron chi connectivity index (χ1n) is 8.48. The van der Waals surface area contributed by atoms with Crippen molar-refractivity contribution in [1.29, 1.82) is 0 Å². The largest absolute Gasteiger partial charge is 0.338 e. The number of carbonyl (C=O) groups excluding carboxylic acids is 1. The maximum absolute atomic E-state index is 12.3. The molecule has 2 aromatic rings. The summed E-state index contributed by atoms with van der Waals surface area (Å²) in [5.41, 5.74) is 1.09. The zero-order valence-electron chi connectivity index (χ0n) is 13.6. The number of aromatic nitrogens is 3. The van der Waals surface area contributed by atoms with Crippen LogP contribution in [0.15, 0.2) is 23.7 Å². The summed E-state index contributed by atoms with van der Waals surface area (Å²) < 4.78 is 1.98. The first-order valence-corrected chi connectivity index (χ1v) is 9.36. The van der Waals surface area contributed by atoms with Crippen LogP contribution in [-0.4, -0.2) is 38.9 Å². The molecule has 1 fully saturated rings. The number of aryl methyl sites for hydroxylation is 1. The minimum Gasteiger partial charge on any atom is -0.338 e. The Labute approximate surface area is 141 Å². The number of nitrogens with zero attached hydrogens (tertiary/aromatic N) is 4. The van der Waals surface area contributed by atoms with Gasteiger partial charge in [0.2, 0.25) is 0 Å². The smallest absolute Gasteiger partial charge is 0.263 e. The molecule has 1 amide bonds. The molecule has 1 aliphatic heterocycles. The fourth-order valence-corrected chi connectivity index (χ4v) is 3.73. The lowest BCUT2D eigenvalue weighted by Crippen LogP contribution is -2.39. The number of thiophene rings is 1. The highest BCUT2D eigenvalue weighted by atomic mass is 32.1. The fraction of sp³-hybridized carbons (Fsp3) is 0.588. The van der Waals surface area contributed by atoms with Gasteiger partial charge < -0.3 is 4.90 Å². The van der Waals surface area contributed by atoms with Crippen molar-refractivity contribution >= 4 is 17.2 Å². The molecule has 0 atom stereocenters. The van der Waals surface area contributed by atoms with E-state index in [1.165, 1.54) is 24.2 Å². The van der Waals surface area contributed by atoms with Gasteiger partial charge in [-0.1, -0.05) is 24.6 Å². The van der Waals surface area contributed by atoms with Crippen LogP contribution in [0.25, 0.3) is 0 Å². The van der Waals surface area contributed by atoms with E-state index < -0.39 is 0 Å². The van der Waals surface area contributed by atoms with E-state index in [0.29, 0.717) is 5.92 Å². The van der Waals surface area contributed by atoms with E-state index >= 15 is 0 Å². The number of hydrogen-bond acceptors (Lipinski definition) is 4. The van der Waals surface area contributed by atoms with Crippen LogP contribution < -0.4 is 0 Å². The summed E-state index contributed by atoms with van der Waals surface area (Å²) in [6, 6.07) is 3.85. The van der Waals surface area contributed by atoms with Gasteiger partial charge in [0.15, 0.2) is 0 Å². The average molecular weight is 332 g/mol. The Morgan fingerprint density at radius 3 is 2.91 bits per heavy atom. The van der Waals surface area contributed by atoms with Gasteiger partial charge in [0.1, 0.15) is 0 Å². The molecule has 0 spiro atoms. The Bertz CT molecular complexity index is 614. The molecule has 0 radical (unpaired) electrons. The molecule has 0 unspecified atom stereocenters. The Morgan fingerprint density at radius 2 is 2.22 bits per heavy atom. The Hall–Kier alpha value is -1.69. The highest BCUT2D eigenvalue weighted by molar-refractivity contribution is 7.12. The molecule has 124 valence electrons. The second kappa shape index (κ2) is 7.73. The van der Waals surface area contributed by atoms with Gasteiger partial charge in [-0.15, -0.1) is 16.4 Å². The SMILES string of the molecule is CCCCc1cn(CC2CCN(C(=O)c3cccs3)CC2)nn1. The van der Waals surface area contributed by atoms with Gasteiger partial charge in [0, 0.05) is 25.8 Å². The number of rotatable bonds is 6. The van der Waals surface area contributed by atoms with Crippen molar-refractivity contribution in [2.45, 2.75) is 45.6 Å². The van der Waals surface area contributed by atoms with Crippen LogP contribution in [0.1, 0.15) is 48.0 Å². The molecule has 0 aromatic carbocycles. The first kappa shape index (κ1) is 16.2. The van der Waals surface area contributed by atoms with Gasteiger partial charge in [-0.05, 0) is 43.0 Å². The van der Waals surface area contributed by atoms with Gasteiger partial charge in [-0.2, -0.15) is 0 Å². The molecule has 23 heavy (non-hydrogen) atoms. The second-order valence-corrected chi connectivity index (χ2v) is 7.20. The van der Waals surface area contributed by atoms with Crippen molar-refractivity contribution < 1.29 is 4.79 Å². The fourth-order valence-electron chi connectivity index (χ4n) is 3.04. The molecule has 0 N–H and O–H groups in total. The second-order valence-electron chi connectivity index (χ2n) is 6.25. The molecule has 1 saturated heterocycles. The van der Waals surface area contributed by atoms with Gasteiger partial charge in [-0.3, -0.25) is 9.48 Å². The molecular formula is C17H24N4OS. The average Bonchev–Trinajstić information content (AvgIpc) is 3.25. The van der Waals surface area contributed by atoms with E-state index in [4.69, 9.17) is 0 Å². The zero-order chi connectivity index (χ0) is 16.1. The van der Waals surface area contributed by atoms with Gasteiger partial charge >= 0.3 is 0 Å². The normalized spacial score (nSPS) is 16.0. The van der Waals surface area contributed by atoms with E-state index in [1.807, 2.05) is 27.1 Å². The molecule has 0 bridgehead atoms. The molecular weight excluding hydrogens is 308 g/mol. The van der Waals surface area contributed by atoms with Crippen LogP contribution in [0.5, 0.6) is 0 Å². The molecule has 6 heteroatoms. The number of unbranched alkanes of at least 4 members (excludes halogenated alkanes) is 1. The number of carbonyl (C=O) groups is 1. The summed E-state index contributed by atoms with van der Waals surface area (Å²) in [5, 5.41) is 10.5. The number of piperidine rings is 1. The number of hydrogen-bond donors (Lipinski definition) is 0.